The summed E-state index contributed by atoms with van der Waals surface area (Å²) in [6.45, 7) is 4.57. The van der Waals surface area contributed by atoms with E-state index in [0.29, 0.717) is 13.0 Å². The molecular formula is C15H22N2O2. The second kappa shape index (κ2) is 5.61. The molecule has 0 radical (unpaired) electrons. The normalized spacial score (nSPS) is 17.7. The summed E-state index contributed by atoms with van der Waals surface area (Å²) in [4.78, 5) is 12.1. The van der Waals surface area contributed by atoms with Gasteiger partial charge in [0.1, 0.15) is 5.75 Å². The van der Waals surface area contributed by atoms with E-state index in [4.69, 9.17) is 10.5 Å². The Morgan fingerprint density at radius 2 is 2.11 bits per heavy atom. The van der Waals surface area contributed by atoms with Gasteiger partial charge in [0.15, 0.2) is 6.10 Å². The molecule has 1 unspecified atom stereocenters. The molecule has 1 aliphatic heterocycles. The molecule has 0 aromatic heterocycles. The van der Waals surface area contributed by atoms with E-state index in [2.05, 4.69) is 5.32 Å². The molecule has 0 saturated carbocycles. The molecule has 19 heavy (non-hydrogen) atoms. The van der Waals surface area contributed by atoms with Crippen molar-refractivity contribution in [3.63, 3.8) is 0 Å². The smallest absolute Gasteiger partial charge is 0.261 e. The van der Waals surface area contributed by atoms with Crippen LogP contribution in [0, 0.1) is 0 Å². The van der Waals surface area contributed by atoms with E-state index < -0.39 is 6.10 Å². The molecule has 104 valence electrons. The first-order valence-electron chi connectivity index (χ1n) is 6.89. The highest BCUT2D eigenvalue weighted by molar-refractivity contribution is 5.82. The minimum Gasteiger partial charge on any atom is -0.480 e. The fourth-order valence-corrected chi connectivity index (χ4v) is 2.21. The van der Waals surface area contributed by atoms with E-state index in [1.54, 1.807) is 0 Å². The van der Waals surface area contributed by atoms with Gasteiger partial charge in [0.25, 0.3) is 5.91 Å². The first kappa shape index (κ1) is 13.9. The van der Waals surface area contributed by atoms with Crippen LogP contribution >= 0.6 is 0 Å². The Hall–Kier alpha value is -1.55. The number of nitrogens with two attached hydrogens (primary N) is 1. The van der Waals surface area contributed by atoms with Gasteiger partial charge in [-0.05, 0) is 24.5 Å². The van der Waals surface area contributed by atoms with E-state index in [1.165, 1.54) is 0 Å². The first-order valence-corrected chi connectivity index (χ1v) is 6.89. The second-order valence-electron chi connectivity index (χ2n) is 5.21. The maximum atomic E-state index is 12.1. The van der Waals surface area contributed by atoms with Crippen LogP contribution in [-0.2, 0) is 11.2 Å². The van der Waals surface area contributed by atoms with Crippen molar-refractivity contribution in [2.45, 2.75) is 44.8 Å². The zero-order chi connectivity index (χ0) is 13.9. The van der Waals surface area contributed by atoms with Crippen LogP contribution in [0.15, 0.2) is 24.3 Å². The van der Waals surface area contributed by atoms with Gasteiger partial charge in [-0.2, -0.15) is 0 Å². The molecule has 1 aromatic carbocycles. The van der Waals surface area contributed by atoms with Gasteiger partial charge in [0.05, 0.1) is 0 Å². The maximum absolute atomic E-state index is 12.1. The fourth-order valence-electron chi connectivity index (χ4n) is 2.21. The average Bonchev–Trinajstić information content (AvgIpc) is 2.88. The number of nitrogens with one attached hydrogen (secondary N) is 1. The number of hydrogen-bond donors (Lipinski definition) is 2. The van der Waals surface area contributed by atoms with Crippen molar-refractivity contribution in [3.05, 3.63) is 29.8 Å². The van der Waals surface area contributed by atoms with E-state index >= 15 is 0 Å². The predicted octanol–water partition coefficient (Wildman–Crippen LogP) is 1.62. The molecule has 4 nitrogen and oxygen atoms in total. The highest BCUT2D eigenvalue weighted by Gasteiger charge is 2.30. The van der Waals surface area contributed by atoms with Gasteiger partial charge in [-0.3, -0.25) is 4.79 Å². The molecule has 0 aliphatic carbocycles. The average molecular weight is 262 g/mol. The highest BCUT2D eigenvalue weighted by Crippen LogP contribution is 2.28. The van der Waals surface area contributed by atoms with Gasteiger partial charge < -0.3 is 15.8 Å². The van der Waals surface area contributed by atoms with Gasteiger partial charge in [-0.15, -0.1) is 0 Å². The Morgan fingerprint density at radius 1 is 1.42 bits per heavy atom. The van der Waals surface area contributed by atoms with E-state index in [-0.39, 0.29) is 11.4 Å². The fraction of sp³-hybridized carbons (Fsp3) is 0.533. The second-order valence-corrected chi connectivity index (χ2v) is 5.21. The Labute approximate surface area is 114 Å². The Morgan fingerprint density at radius 3 is 2.74 bits per heavy atom. The molecule has 0 spiro atoms. The molecular weight excluding hydrogens is 240 g/mol. The van der Waals surface area contributed by atoms with Crippen LogP contribution in [0.5, 0.6) is 5.75 Å². The number of benzene rings is 1. The Bertz CT molecular complexity index is 430. The lowest BCUT2D eigenvalue weighted by molar-refractivity contribution is -0.127. The van der Waals surface area contributed by atoms with Crippen LogP contribution in [0.2, 0.25) is 0 Å². The number of para-hydroxylation sites is 1. The minimum atomic E-state index is -0.421. The number of fused-ring (bicyclic) bond motifs is 1. The molecule has 1 aromatic rings. The molecule has 2 rings (SSSR count). The van der Waals surface area contributed by atoms with Crippen molar-refractivity contribution in [3.8, 4) is 5.75 Å². The number of carbonyl (C=O) groups excluding carboxylic acids is 1. The molecule has 4 heteroatoms. The zero-order valence-corrected chi connectivity index (χ0v) is 11.6. The van der Waals surface area contributed by atoms with E-state index in [1.807, 2.05) is 38.1 Å². The molecule has 1 atom stereocenters. The summed E-state index contributed by atoms with van der Waals surface area (Å²) >= 11 is 0. The molecule has 3 N–H and O–H groups in total. The lowest BCUT2D eigenvalue weighted by Gasteiger charge is -2.27. The summed E-state index contributed by atoms with van der Waals surface area (Å²) in [6, 6.07) is 7.77. The maximum Gasteiger partial charge on any atom is 0.261 e. The molecule has 0 bridgehead atoms. The van der Waals surface area contributed by atoms with Gasteiger partial charge in [-0.25, -0.2) is 0 Å². The highest BCUT2D eigenvalue weighted by atomic mass is 16.5. The summed E-state index contributed by atoms with van der Waals surface area (Å²) < 4.78 is 5.65. The number of rotatable bonds is 5. The summed E-state index contributed by atoms with van der Waals surface area (Å²) in [5.74, 6) is 0.737. The molecule has 0 fully saturated rings. The lowest BCUT2D eigenvalue weighted by atomic mass is 9.94. The SMILES string of the molecule is CCC(N)(CC)CNC(=O)C1Cc2ccccc2O1. The molecule has 1 amide bonds. The minimum absolute atomic E-state index is 0.0760. The van der Waals surface area contributed by atoms with Gasteiger partial charge >= 0.3 is 0 Å². The summed E-state index contributed by atoms with van der Waals surface area (Å²) in [7, 11) is 0. The third-order valence-electron chi connectivity index (χ3n) is 3.96. The number of ether oxygens (including phenoxy) is 1. The van der Waals surface area contributed by atoms with Crippen molar-refractivity contribution < 1.29 is 9.53 Å². The Balaban J connectivity index is 1.90. The third-order valence-corrected chi connectivity index (χ3v) is 3.96. The molecule has 0 saturated heterocycles. The third kappa shape index (κ3) is 3.07. The number of hydrogen-bond acceptors (Lipinski definition) is 3. The lowest BCUT2D eigenvalue weighted by Crippen LogP contribution is -2.51. The van der Waals surface area contributed by atoms with Crippen molar-refractivity contribution in [1.29, 1.82) is 0 Å². The molecule has 1 aliphatic rings. The van der Waals surface area contributed by atoms with Gasteiger partial charge in [0.2, 0.25) is 0 Å². The van der Waals surface area contributed by atoms with E-state index in [9.17, 15) is 4.79 Å². The van der Waals surface area contributed by atoms with Crippen LogP contribution in [0.4, 0.5) is 0 Å². The zero-order valence-electron chi connectivity index (χ0n) is 11.6. The topological polar surface area (TPSA) is 64.3 Å². The molecule has 1 heterocycles. The van der Waals surface area contributed by atoms with Crippen LogP contribution in [-0.4, -0.2) is 24.1 Å². The van der Waals surface area contributed by atoms with Crippen LogP contribution in [0.25, 0.3) is 0 Å². The monoisotopic (exact) mass is 262 g/mol. The van der Waals surface area contributed by atoms with Gasteiger partial charge in [0, 0.05) is 18.5 Å². The number of amides is 1. The van der Waals surface area contributed by atoms with Crippen LogP contribution in [0.1, 0.15) is 32.3 Å². The summed E-state index contributed by atoms with van der Waals surface area (Å²) in [5, 5.41) is 2.91. The van der Waals surface area contributed by atoms with Crippen molar-refractivity contribution in [1.82, 2.24) is 5.32 Å². The summed E-state index contributed by atoms with van der Waals surface area (Å²) in [6.07, 6.45) is 1.90. The van der Waals surface area contributed by atoms with Crippen molar-refractivity contribution in [2.75, 3.05) is 6.54 Å². The number of carbonyl (C=O) groups is 1. The van der Waals surface area contributed by atoms with Crippen LogP contribution in [0.3, 0.4) is 0 Å². The standard InChI is InChI=1S/C15H22N2O2/c1-3-15(16,4-2)10-17-14(18)13-9-11-7-5-6-8-12(11)19-13/h5-8,13H,3-4,9-10,16H2,1-2H3,(H,17,18). The van der Waals surface area contributed by atoms with Crippen LogP contribution < -0.4 is 15.8 Å². The van der Waals surface area contributed by atoms with Crippen molar-refractivity contribution >= 4 is 5.91 Å². The van der Waals surface area contributed by atoms with E-state index in [0.717, 1.165) is 24.2 Å². The van der Waals surface area contributed by atoms with Crippen molar-refractivity contribution in [2.24, 2.45) is 5.73 Å². The Kier molecular flexibility index (Phi) is 4.10. The van der Waals surface area contributed by atoms with Gasteiger partial charge in [-0.1, -0.05) is 32.0 Å². The largest absolute Gasteiger partial charge is 0.480 e. The summed E-state index contributed by atoms with van der Waals surface area (Å²) in [5.41, 5.74) is 6.94. The first-order chi connectivity index (χ1) is 9.08. The predicted molar refractivity (Wildman–Crippen MR) is 75.1 cm³/mol. The quantitative estimate of drug-likeness (QED) is 0.847.